The zero-order valence-corrected chi connectivity index (χ0v) is 17.1. The topological polar surface area (TPSA) is 55.1 Å². The number of oxazole rings is 1. The van der Waals surface area contributed by atoms with E-state index < -0.39 is 0 Å². The summed E-state index contributed by atoms with van der Waals surface area (Å²) in [6, 6.07) is 33.3. The van der Waals surface area contributed by atoms with Crippen LogP contribution in [0.5, 0.6) is 0 Å². The van der Waals surface area contributed by atoms with Gasteiger partial charge in [-0.25, -0.2) is 4.98 Å². The van der Waals surface area contributed by atoms with Gasteiger partial charge in [0.05, 0.1) is 11.3 Å². The fourth-order valence-corrected chi connectivity index (χ4v) is 4.16. The summed E-state index contributed by atoms with van der Waals surface area (Å²) in [5, 5.41) is 7.11. The summed E-state index contributed by atoms with van der Waals surface area (Å²) in [4.78, 5) is 17.9. The number of nitrogens with zero attached hydrogens (tertiary/aromatic N) is 1. The number of anilines is 1. The van der Waals surface area contributed by atoms with E-state index in [2.05, 4.69) is 11.4 Å². The van der Waals surface area contributed by atoms with E-state index in [1.807, 2.05) is 97.1 Å². The number of nitrogens with one attached hydrogen (secondary N) is 1. The van der Waals surface area contributed by atoms with Crippen molar-refractivity contribution < 1.29 is 9.21 Å². The summed E-state index contributed by atoms with van der Waals surface area (Å²) in [6.07, 6.45) is 0. The van der Waals surface area contributed by atoms with Gasteiger partial charge in [0.1, 0.15) is 5.52 Å². The summed E-state index contributed by atoms with van der Waals surface area (Å²) >= 11 is 0. The summed E-state index contributed by atoms with van der Waals surface area (Å²) in [5.41, 5.74) is 3.55. The molecule has 0 aliphatic rings. The lowest BCUT2D eigenvalue weighted by Crippen LogP contribution is -2.13. The molecule has 6 rings (SSSR count). The zero-order valence-electron chi connectivity index (χ0n) is 17.1. The number of benzene rings is 5. The molecular weight excluding hydrogens is 396 g/mol. The highest BCUT2D eigenvalue weighted by atomic mass is 16.3. The number of amides is 1. The third-order valence-electron chi connectivity index (χ3n) is 5.72. The van der Waals surface area contributed by atoms with Crippen LogP contribution in [-0.4, -0.2) is 10.9 Å². The normalized spacial score (nSPS) is 11.2. The van der Waals surface area contributed by atoms with Crippen molar-refractivity contribution in [1.82, 2.24) is 4.98 Å². The molecule has 4 nitrogen and oxygen atoms in total. The third kappa shape index (κ3) is 3.01. The highest BCUT2D eigenvalue weighted by Crippen LogP contribution is 2.33. The lowest BCUT2D eigenvalue weighted by Gasteiger charge is -2.10. The van der Waals surface area contributed by atoms with Crippen molar-refractivity contribution in [1.29, 1.82) is 0 Å². The van der Waals surface area contributed by atoms with E-state index >= 15 is 0 Å². The molecule has 152 valence electrons. The highest BCUT2D eigenvalue weighted by molar-refractivity contribution is 6.14. The van der Waals surface area contributed by atoms with E-state index in [4.69, 9.17) is 9.40 Å². The molecule has 0 saturated heterocycles. The van der Waals surface area contributed by atoms with Crippen molar-refractivity contribution >= 4 is 44.2 Å². The van der Waals surface area contributed by atoms with Crippen LogP contribution in [0, 0.1) is 0 Å². The average molecular weight is 414 g/mol. The van der Waals surface area contributed by atoms with Crippen LogP contribution < -0.4 is 5.32 Å². The minimum Gasteiger partial charge on any atom is -0.435 e. The van der Waals surface area contributed by atoms with Crippen LogP contribution in [-0.2, 0) is 0 Å². The van der Waals surface area contributed by atoms with Crippen LogP contribution in [0.3, 0.4) is 0 Å². The number of hydrogen-bond acceptors (Lipinski definition) is 3. The Labute approximate surface area is 184 Å². The Bertz CT molecular complexity index is 1630. The lowest BCUT2D eigenvalue weighted by molar-refractivity contribution is 0.102. The van der Waals surface area contributed by atoms with Gasteiger partial charge in [-0.2, -0.15) is 0 Å². The van der Waals surface area contributed by atoms with Gasteiger partial charge in [-0.15, -0.1) is 0 Å². The van der Waals surface area contributed by atoms with Gasteiger partial charge in [0.15, 0.2) is 5.58 Å². The van der Waals surface area contributed by atoms with Crippen molar-refractivity contribution in [3.05, 3.63) is 109 Å². The second-order valence-electron chi connectivity index (χ2n) is 7.68. The van der Waals surface area contributed by atoms with Crippen molar-refractivity contribution in [2.24, 2.45) is 0 Å². The van der Waals surface area contributed by atoms with Crippen LogP contribution in [0.2, 0.25) is 0 Å². The number of fused-ring (bicyclic) bond motifs is 4. The zero-order chi connectivity index (χ0) is 21.5. The molecule has 0 atom stereocenters. The molecule has 0 unspecified atom stereocenters. The van der Waals surface area contributed by atoms with Crippen LogP contribution in [0.1, 0.15) is 10.4 Å². The van der Waals surface area contributed by atoms with E-state index in [0.29, 0.717) is 17.1 Å². The van der Waals surface area contributed by atoms with Gasteiger partial charge in [-0.05, 0) is 40.4 Å². The van der Waals surface area contributed by atoms with Gasteiger partial charge in [0.25, 0.3) is 5.91 Å². The minimum atomic E-state index is -0.171. The first kappa shape index (κ1) is 18.3. The molecule has 1 amide bonds. The molecule has 32 heavy (non-hydrogen) atoms. The molecule has 0 aliphatic heterocycles. The van der Waals surface area contributed by atoms with Crippen molar-refractivity contribution in [2.75, 3.05) is 5.32 Å². The van der Waals surface area contributed by atoms with Gasteiger partial charge in [-0.3, -0.25) is 4.79 Å². The second-order valence-corrected chi connectivity index (χ2v) is 7.68. The van der Waals surface area contributed by atoms with Crippen LogP contribution in [0.25, 0.3) is 44.1 Å². The Balaban J connectivity index is 1.43. The number of carbonyl (C=O) groups is 1. The van der Waals surface area contributed by atoms with Gasteiger partial charge in [0, 0.05) is 10.9 Å². The molecule has 4 heteroatoms. The smallest absolute Gasteiger partial charge is 0.256 e. The Kier molecular flexibility index (Phi) is 4.22. The number of carbonyl (C=O) groups excluding carboxylic acids is 1. The summed E-state index contributed by atoms with van der Waals surface area (Å²) < 4.78 is 6.20. The average Bonchev–Trinajstić information content (AvgIpc) is 3.29. The second kappa shape index (κ2) is 7.36. The summed E-state index contributed by atoms with van der Waals surface area (Å²) in [6.45, 7) is 0. The quantitative estimate of drug-likeness (QED) is 0.337. The lowest BCUT2D eigenvalue weighted by atomic mass is 10.0. The van der Waals surface area contributed by atoms with Crippen LogP contribution >= 0.6 is 0 Å². The summed E-state index contributed by atoms with van der Waals surface area (Å²) in [5.74, 6) is 0.306. The fraction of sp³-hybridized carbons (Fsp3) is 0. The number of para-hydroxylation sites is 1. The third-order valence-corrected chi connectivity index (χ3v) is 5.72. The first-order chi connectivity index (χ1) is 15.8. The standard InChI is InChI=1S/C28H18N2O2/c31-27(22-14-7-10-18-8-1-3-11-20(18)22)29-24-15-6-5-13-23(24)28-30-25-17-16-19-9-2-4-12-21(19)26(25)32-28/h1-17H,(H,29,31). The molecule has 6 aromatic rings. The molecular formula is C28H18N2O2. The van der Waals surface area contributed by atoms with Crippen LogP contribution in [0.4, 0.5) is 5.69 Å². The molecule has 0 aliphatic carbocycles. The Hall–Kier alpha value is -4.44. The SMILES string of the molecule is O=C(Nc1ccccc1-c1nc2ccc3ccccc3c2o1)c1cccc2ccccc12. The Morgan fingerprint density at radius 3 is 2.25 bits per heavy atom. The van der Waals surface area contributed by atoms with Crippen LogP contribution in [0.15, 0.2) is 108 Å². The summed E-state index contributed by atoms with van der Waals surface area (Å²) in [7, 11) is 0. The van der Waals surface area contributed by atoms with Gasteiger partial charge >= 0.3 is 0 Å². The van der Waals surface area contributed by atoms with Crippen molar-refractivity contribution in [2.45, 2.75) is 0 Å². The fourth-order valence-electron chi connectivity index (χ4n) is 4.16. The minimum absolute atomic E-state index is 0.171. The predicted octanol–water partition coefficient (Wildman–Crippen LogP) is 7.05. The molecule has 0 radical (unpaired) electrons. The monoisotopic (exact) mass is 414 g/mol. The molecule has 5 aromatic carbocycles. The van der Waals surface area contributed by atoms with E-state index in [9.17, 15) is 4.79 Å². The highest BCUT2D eigenvalue weighted by Gasteiger charge is 2.17. The number of rotatable bonds is 3. The predicted molar refractivity (Wildman–Crippen MR) is 129 cm³/mol. The first-order valence-corrected chi connectivity index (χ1v) is 10.4. The number of hydrogen-bond donors (Lipinski definition) is 1. The van der Waals surface area contributed by atoms with Gasteiger partial charge < -0.3 is 9.73 Å². The first-order valence-electron chi connectivity index (χ1n) is 10.4. The molecule has 0 spiro atoms. The molecule has 0 saturated carbocycles. The Morgan fingerprint density at radius 2 is 1.38 bits per heavy atom. The largest absolute Gasteiger partial charge is 0.435 e. The van der Waals surface area contributed by atoms with Crippen molar-refractivity contribution in [3.8, 4) is 11.5 Å². The maximum atomic E-state index is 13.2. The van der Waals surface area contributed by atoms with Gasteiger partial charge in [-0.1, -0.05) is 78.9 Å². The van der Waals surface area contributed by atoms with E-state index in [0.717, 1.165) is 38.2 Å². The molecule has 1 heterocycles. The maximum Gasteiger partial charge on any atom is 0.256 e. The molecule has 0 fully saturated rings. The molecule has 0 bridgehead atoms. The molecule has 1 aromatic heterocycles. The maximum absolute atomic E-state index is 13.2. The van der Waals surface area contributed by atoms with E-state index in [1.54, 1.807) is 0 Å². The molecule has 1 N–H and O–H groups in total. The van der Waals surface area contributed by atoms with E-state index in [1.165, 1.54) is 0 Å². The van der Waals surface area contributed by atoms with Gasteiger partial charge in [0.2, 0.25) is 5.89 Å². The Morgan fingerprint density at radius 1 is 0.688 bits per heavy atom. The number of aromatic nitrogens is 1. The van der Waals surface area contributed by atoms with E-state index in [-0.39, 0.29) is 5.91 Å². The van der Waals surface area contributed by atoms with Crippen molar-refractivity contribution in [3.63, 3.8) is 0 Å².